The number of hydrogen-bond donors (Lipinski definition) is 0. The fourth-order valence-electron chi connectivity index (χ4n) is 2.34. The number of benzene rings is 1. The highest BCUT2D eigenvalue weighted by molar-refractivity contribution is 5.78. The molecule has 0 aromatic heterocycles. The van der Waals surface area contributed by atoms with Crippen LogP contribution < -0.4 is 4.74 Å². The van der Waals surface area contributed by atoms with E-state index in [1.807, 2.05) is 39.0 Å². The molecule has 2 rings (SSSR count). The summed E-state index contributed by atoms with van der Waals surface area (Å²) in [7, 11) is 0. The zero-order valence-electron chi connectivity index (χ0n) is 16.9. The summed E-state index contributed by atoms with van der Waals surface area (Å²) in [5.74, 6) is 12.1. The Morgan fingerprint density at radius 1 is 1.07 bits per heavy atom. The number of esters is 2. The molecule has 146 valence electrons. The second kappa shape index (κ2) is 9.81. The van der Waals surface area contributed by atoms with Crippen LogP contribution in [0.2, 0.25) is 0 Å². The molecule has 0 aliphatic heterocycles. The average Bonchev–Trinajstić information content (AvgIpc) is 2.62. The van der Waals surface area contributed by atoms with Crippen molar-refractivity contribution in [2.45, 2.75) is 59.5 Å². The molecular weight excluding hydrogens is 352 g/mol. The second-order valence-corrected chi connectivity index (χ2v) is 7.63. The molecule has 1 aromatic rings. The summed E-state index contributed by atoms with van der Waals surface area (Å²) in [6.07, 6.45) is 4.71. The third-order valence-electron chi connectivity index (χ3n) is 3.91. The van der Waals surface area contributed by atoms with Gasteiger partial charge in [-0.1, -0.05) is 35.8 Å². The van der Waals surface area contributed by atoms with Crippen LogP contribution in [0.4, 0.5) is 0 Å². The Morgan fingerprint density at radius 3 is 2.32 bits per heavy atom. The molecular formula is C24H26O4. The third kappa shape index (κ3) is 6.97. The lowest BCUT2D eigenvalue weighted by Crippen LogP contribution is -2.25. The van der Waals surface area contributed by atoms with Gasteiger partial charge in [0.2, 0.25) is 0 Å². The summed E-state index contributed by atoms with van der Waals surface area (Å²) in [5, 5.41) is 0. The first kappa shape index (κ1) is 21.3. The van der Waals surface area contributed by atoms with E-state index in [9.17, 15) is 9.59 Å². The number of carbonyl (C=O) groups excluding carboxylic acids is 2. The van der Waals surface area contributed by atoms with Gasteiger partial charge in [0.1, 0.15) is 5.75 Å². The minimum Gasteiger partial charge on any atom is -0.444 e. The van der Waals surface area contributed by atoms with Gasteiger partial charge >= 0.3 is 11.9 Å². The fourth-order valence-corrected chi connectivity index (χ4v) is 2.34. The lowest BCUT2D eigenvalue weighted by atomic mass is 9.97. The molecule has 1 unspecified atom stereocenters. The van der Waals surface area contributed by atoms with Gasteiger partial charge in [-0.25, -0.2) is 0 Å². The van der Waals surface area contributed by atoms with Gasteiger partial charge in [0, 0.05) is 19.8 Å². The van der Waals surface area contributed by atoms with Crippen LogP contribution in [0, 0.1) is 29.1 Å². The largest absolute Gasteiger partial charge is 0.444 e. The highest BCUT2D eigenvalue weighted by Crippen LogP contribution is 2.21. The van der Waals surface area contributed by atoms with Crippen molar-refractivity contribution in [3.05, 3.63) is 35.4 Å². The molecule has 1 aliphatic carbocycles. The van der Waals surface area contributed by atoms with Gasteiger partial charge in [-0.3, -0.25) is 9.59 Å². The van der Waals surface area contributed by atoms with E-state index in [4.69, 9.17) is 9.47 Å². The highest BCUT2D eigenvalue weighted by atomic mass is 16.5. The Hall–Kier alpha value is -2.98. The molecule has 1 aliphatic rings. The number of carbonyl (C=O) groups is 2. The maximum absolute atomic E-state index is 12.0. The SMILES string of the molecule is CC(=O)OC1C#CCCCCC#C/C1=C\c1ccc(OC(=O)C(C)(C)C)cc1. The van der Waals surface area contributed by atoms with E-state index in [1.54, 1.807) is 12.1 Å². The van der Waals surface area contributed by atoms with Crippen molar-refractivity contribution in [1.29, 1.82) is 0 Å². The van der Waals surface area contributed by atoms with Gasteiger partial charge in [0.05, 0.1) is 11.0 Å². The molecule has 0 heterocycles. The lowest BCUT2D eigenvalue weighted by Gasteiger charge is -2.16. The van der Waals surface area contributed by atoms with Crippen molar-refractivity contribution in [3.63, 3.8) is 0 Å². The molecule has 0 saturated carbocycles. The average molecular weight is 378 g/mol. The predicted octanol–water partition coefficient (Wildman–Crippen LogP) is 4.53. The second-order valence-electron chi connectivity index (χ2n) is 7.63. The molecule has 4 heteroatoms. The van der Waals surface area contributed by atoms with Crippen LogP contribution in [0.25, 0.3) is 6.08 Å². The molecule has 1 aromatic carbocycles. The topological polar surface area (TPSA) is 52.6 Å². The molecule has 0 saturated heterocycles. The smallest absolute Gasteiger partial charge is 0.316 e. The van der Waals surface area contributed by atoms with Gasteiger partial charge in [-0.05, 0) is 57.4 Å². The molecule has 1 atom stereocenters. The minimum atomic E-state index is -0.679. The Balaban J connectivity index is 2.27. The van der Waals surface area contributed by atoms with Crippen LogP contribution in [0.5, 0.6) is 5.75 Å². The molecule has 0 bridgehead atoms. The first-order valence-corrected chi connectivity index (χ1v) is 9.44. The van der Waals surface area contributed by atoms with Crippen LogP contribution in [0.3, 0.4) is 0 Å². The minimum absolute atomic E-state index is 0.290. The summed E-state index contributed by atoms with van der Waals surface area (Å²) in [4.78, 5) is 23.5. The van der Waals surface area contributed by atoms with E-state index >= 15 is 0 Å². The van der Waals surface area contributed by atoms with Gasteiger partial charge in [0.15, 0.2) is 6.10 Å². The van der Waals surface area contributed by atoms with E-state index in [-0.39, 0.29) is 5.97 Å². The number of hydrogen-bond acceptors (Lipinski definition) is 4. The van der Waals surface area contributed by atoms with Crippen LogP contribution in [0.1, 0.15) is 58.9 Å². The summed E-state index contributed by atoms with van der Waals surface area (Å²) < 4.78 is 10.8. The quantitative estimate of drug-likeness (QED) is 0.440. The third-order valence-corrected chi connectivity index (χ3v) is 3.91. The lowest BCUT2D eigenvalue weighted by molar-refractivity contribution is -0.143. The van der Waals surface area contributed by atoms with Gasteiger partial charge in [0.25, 0.3) is 0 Å². The van der Waals surface area contributed by atoms with E-state index in [0.29, 0.717) is 11.3 Å². The number of rotatable bonds is 3. The van der Waals surface area contributed by atoms with E-state index in [2.05, 4.69) is 23.7 Å². The Bertz CT molecular complexity index is 862. The molecule has 0 spiro atoms. The van der Waals surface area contributed by atoms with Gasteiger partial charge < -0.3 is 9.47 Å². The molecule has 0 radical (unpaired) electrons. The van der Waals surface area contributed by atoms with Crippen molar-refractivity contribution in [1.82, 2.24) is 0 Å². The Kier molecular flexibility index (Phi) is 7.47. The van der Waals surface area contributed by atoms with Crippen LogP contribution >= 0.6 is 0 Å². The zero-order valence-corrected chi connectivity index (χ0v) is 16.9. The first-order valence-electron chi connectivity index (χ1n) is 9.44. The maximum Gasteiger partial charge on any atom is 0.316 e. The van der Waals surface area contributed by atoms with Crippen LogP contribution in [-0.4, -0.2) is 18.0 Å². The Morgan fingerprint density at radius 2 is 1.71 bits per heavy atom. The molecule has 0 N–H and O–H groups in total. The Labute approximate surface area is 167 Å². The van der Waals surface area contributed by atoms with Crippen molar-refractivity contribution >= 4 is 18.0 Å². The molecule has 4 nitrogen and oxygen atoms in total. The van der Waals surface area contributed by atoms with E-state index in [0.717, 1.165) is 31.2 Å². The highest BCUT2D eigenvalue weighted by Gasteiger charge is 2.23. The van der Waals surface area contributed by atoms with E-state index < -0.39 is 17.5 Å². The van der Waals surface area contributed by atoms with Gasteiger partial charge in [-0.15, -0.1) is 0 Å². The molecule has 0 fully saturated rings. The summed E-state index contributed by atoms with van der Waals surface area (Å²) in [6, 6.07) is 7.13. The van der Waals surface area contributed by atoms with Crippen LogP contribution in [0.15, 0.2) is 29.8 Å². The van der Waals surface area contributed by atoms with Crippen molar-refractivity contribution in [3.8, 4) is 29.4 Å². The van der Waals surface area contributed by atoms with Crippen molar-refractivity contribution in [2.24, 2.45) is 5.41 Å². The monoisotopic (exact) mass is 378 g/mol. The predicted molar refractivity (Wildman–Crippen MR) is 109 cm³/mol. The number of ether oxygens (including phenoxy) is 2. The zero-order chi connectivity index (χ0) is 20.6. The molecule has 0 amide bonds. The fraction of sp³-hybridized carbons (Fsp3) is 0.417. The van der Waals surface area contributed by atoms with Crippen molar-refractivity contribution < 1.29 is 19.1 Å². The van der Waals surface area contributed by atoms with Crippen LogP contribution in [-0.2, 0) is 14.3 Å². The summed E-state index contributed by atoms with van der Waals surface area (Å²) >= 11 is 0. The van der Waals surface area contributed by atoms with E-state index in [1.165, 1.54) is 6.92 Å². The van der Waals surface area contributed by atoms with Gasteiger partial charge in [-0.2, -0.15) is 0 Å². The van der Waals surface area contributed by atoms with Crippen molar-refractivity contribution in [2.75, 3.05) is 0 Å². The normalized spacial score (nSPS) is 18.1. The standard InChI is InChI=1S/C24H26O4/c1-18(25)27-22-12-10-8-6-5-7-9-11-20(22)17-19-13-15-21(16-14-19)28-23(26)24(2,3)4/h13-17,22H,5-8H2,1-4H3/b20-17+. The maximum atomic E-state index is 12.0. The summed E-state index contributed by atoms with van der Waals surface area (Å²) in [5.41, 5.74) is 0.933. The molecule has 28 heavy (non-hydrogen) atoms. The summed E-state index contributed by atoms with van der Waals surface area (Å²) in [6.45, 7) is 6.79. The first-order chi connectivity index (χ1) is 13.3.